The van der Waals surface area contributed by atoms with Crippen molar-refractivity contribution in [2.24, 2.45) is 0 Å². The number of benzene rings is 6. The van der Waals surface area contributed by atoms with Crippen molar-refractivity contribution >= 4 is 91.6 Å². The maximum atomic E-state index is 8.78. The van der Waals surface area contributed by atoms with Crippen LogP contribution in [0.5, 0.6) is 11.5 Å². The minimum atomic E-state index is -2.43. The Morgan fingerprint density at radius 2 is 0.881 bits per heavy atom. The van der Waals surface area contributed by atoms with Gasteiger partial charge in [-0.2, -0.15) is 0 Å². The topological polar surface area (TPSA) is 97.3 Å². The molecule has 0 amide bonds. The second kappa shape index (κ2) is 34.7. The molecule has 0 aliphatic rings. The first-order chi connectivity index (χ1) is 31.2. The summed E-state index contributed by atoms with van der Waals surface area (Å²) >= 11 is 10.2. The van der Waals surface area contributed by atoms with Gasteiger partial charge in [-0.25, -0.2) is 0 Å². The second-order valence-electron chi connectivity index (χ2n) is 17.1. The van der Waals surface area contributed by atoms with Crippen LogP contribution in [-0.2, 0) is 18.5 Å². The van der Waals surface area contributed by atoms with Crippen LogP contribution in [0.3, 0.4) is 0 Å². The Labute approximate surface area is 514 Å². The molecule has 0 fully saturated rings. The van der Waals surface area contributed by atoms with Crippen molar-refractivity contribution in [2.75, 3.05) is 25.2 Å². The fraction of sp³-hybridized carbons (Fsp3) is 0.302. The summed E-state index contributed by atoms with van der Waals surface area (Å²) in [7, 11) is -4.74. The summed E-state index contributed by atoms with van der Waals surface area (Å²) in [6.45, 7) is 16.0. The number of rotatable bonds is 17. The molecule has 0 unspecified atom stereocenters. The van der Waals surface area contributed by atoms with Crippen LogP contribution in [0.25, 0.3) is 0 Å². The van der Waals surface area contributed by atoms with Crippen molar-refractivity contribution in [3.05, 3.63) is 179 Å². The number of phenolic OH excluding ortho intramolecular Hbond substituents is 1. The zero-order valence-corrected chi connectivity index (χ0v) is 53.4. The summed E-state index contributed by atoms with van der Waals surface area (Å²) in [4.78, 5) is 11.2. The van der Waals surface area contributed by atoms with Gasteiger partial charge in [0.1, 0.15) is 11.5 Å². The molecule has 0 aliphatic heterocycles. The van der Waals surface area contributed by atoms with Gasteiger partial charge in [0, 0.05) is 27.5 Å². The number of carbonyl (C=O) groups excluding carboxylic acids is 1. The molecule has 67 heavy (non-hydrogen) atoms. The number of ether oxygens (including phenoxy) is 1. The Morgan fingerprint density at radius 3 is 1.18 bits per heavy atom. The van der Waals surface area contributed by atoms with Gasteiger partial charge in [0.05, 0.1) is 6.61 Å². The summed E-state index contributed by atoms with van der Waals surface area (Å²) in [5, 5.41) is 23.7. The first kappa shape index (κ1) is 64.4. The van der Waals surface area contributed by atoms with Gasteiger partial charge in [-0.15, -0.1) is 0 Å². The fourth-order valence-corrected chi connectivity index (χ4v) is 18.0. The minimum absolute atomic E-state index is 0. The van der Waals surface area contributed by atoms with E-state index in [0.29, 0.717) is 12.4 Å². The number of aromatic hydroxyl groups is 1. The van der Waals surface area contributed by atoms with E-state index in [2.05, 4.69) is 216 Å². The van der Waals surface area contributed by atoms with Gasteiger partial charge < -0.3 is 30.3 Å². The largest absolute Gasteiger partial charge is 1.00 e. The Bertz CT molecular complexity index is 2110. The predicted octanol–water partition coefficient (Wildman–Crippen LogP) is 5.63. The van der Waals surface area contributed by atoms with Gasteiger partial charge in [0.25, 0.3) is 23.1 Å². The molecule has 6 rings (SSSR count). The van der Waals surface area contributed by atoms with E-state index in [4.69, 9.17) is 28.7 Å². The number of unbranched alkanes of at least 4 members (excludes halogenated alkanes) is 2. The third-order valence-electron chi connectivity index (χ3n) is 10.4. The molecule has 0 saturated heterocycles. The van der Waals surface area contributed by atoms with E-state index >= 15 is 0 Å². The molecule has 0 bridgehead atoms. The molecule has 0 aliphatic carbocycles. The zero-order chi connectivity index (χ0) is 47.6. The van der Waals surface area contributed by atoms with Crippen LogP contribution in [0.4, 0.5) is 0 Å². The Morgan fingerprint density at radius 1 is 0.537 bits per heavy atom. The average molecular weight is 1190 g/mol. The van der Waals surface area contributed by atoms with Crippen molar-refractivity contribution in [1.82, 2.24) is 0 Å². The number of hydrogen-bond acceptors (Lipinski definition) is 7. The molecule has 0 spiro atoms. The molecule has 14 heteroatoms. The smallest absolute Gasteiger partial charge is 1.00 e. The van der Waals surface area contributed by atoms with Crippen LogP contribution in [0, 0.1) is 0 Å². The maximum Gasteiger partial charge on any atom is 1.00 e. The predicted molar refractivity (Wildman–Crippen MR) is 283 cm³/mol. The zero-order valence-electron chi connectivity index (χ0n) is 41.4. The molecule has 6 aromatic rings. The molecular weight excluding hydrogens is 1120 g/mol. The molecule has 0 heterocycles. The normalized spacial score (nSPS) is 11.0. The number of phenols is 1. The Balaban J connectivity index is 0.00000104. The first-order valence-corrected chi connectivity index (χ1v) is 28.3. The molecule has 6 aromatic carbocycles. The third-order valence-corrected chi connectivity index (χ3v) is 22.1. The van der Waals surface area contributed by atoms with Gasteiger partial charge in [-0.05, 0) is 92.9 Å². The van der Waals surface area contributed by atoms with Crippen LogP contribution >= 0.6 is 47.8 Å². The summed E-state index contributed by atoms with van der Waals surface area (Å²) < 4.78 is 21.5. The first-order valence-electron chi connectivity index (χ1n) is 21.8. The van der Waals surface area contributed by atoms with E-state index in [1.165, 1.54) is 20.7 Å². The van der Waals surface area contributed by atoms with E-state index in [-0.39, 0.29) is 121 Å². The van der Waals surface area contributed by atoms with Crippen molar-refractivity contribution in [2.45, 2.75) is 77.3 Å². The van der Waals surface area contributed by atoms with Gasteiger partial charge >= 0.3 is 103 Å². The summed E-state index contributed by atoms with van der Waals surface area (Å²) in [6, 6.07) is 58.2. The molecule has 0 aromatic heterocycles. The molecule has 7 nitrogen and oxygen atoms in total. The molecule has 350 valence electrons. The van der Waals surface area contributed by atoms with E-state index in [9.17, 15) is 0 Å². The standard InChI is InChI=1S/C26H31BrO2Si.C20H27BrOSi.C6H5BrO.CH2O3.2K.H/c1-26(2,3)30(24-15-6-4-7-16-24,25-17-8-5-9-18-25)29-20-11-10-19-28-23-14-12-13-22(27)21-23;1-20(2,3)23(22-17-11-10-16-21,18-12-6-4-7-13-18)19-14-8-5-9-15-19;7-5-2-1-3-6(8)4-5;2-1-4-3;;;/h4-9,12-18,21H,10-11,19-20H2,1-3H3;4-9,12-15H,10-11,16-17H2,1-3H3;1-4,8H;1,3H;;;/q;;;;2*+1;-1/p-1. The molecule has 1 N–H and O–H groups in total. The van der Waals surface area contributed by atoms with Crippen LogP contribution in [-0.4, -0.2) is 53.4 Å². The van der Waals surface area contributed by atoms with Crippen molar-refractivity contribution in [1.29, 1.82) is 0 Å². The van der Waals surface area contributed by atoms with Crippen molar-refractivity contribution in [3.63, 3.8) is 0 Å². The molecule has 0 saturated carbocycles. The Hall–Kier alpha value is -0.584. The van der Waals surface area contributed by atoms with Crippen molar-refractivity contribution in [3.8, 4) is 11.5 Å². The number of carbonyl (C=O) groups is 1. The minimum Gasteiger partial charge on any atom is -1.00 e. The fourth-order valence-electron chi connectivity index (χ4n) is 7.60. The van der Waals surface area contributed by atoms with Gasteiger partial charge in [0.2, 0.25) is 0 Å². The third kappa shape index (κ3) is 21.2. The molecule has 0 atom stereocenters. The van der Waals surface area contributed by atoms with E-state index in [1.54, 1.807) is 18.2 Å². The van der Waals surface area contributed by atoms with Crippen molar-refractivity contribution < 1.29 is 138 Å². The quantitative estimate of drug-likeness (QED) is 0.0316. The second-order valence-corrected chi connectivity index (χ2v) is 28.3. The summed E-state index contributed by atoms with van der Waals surface area (Å²) in [6.07, 6.45) is 4.18. The molecular formula is C53H65Br3K2O7Si2. The van der Waals surface area contributed by atoms with Gasteiger partial charge in [-0.1, -0.05) is 223 Å². The summed E-state index contributed by atoms with van der Waals surface area (Å²) in [5.41, 5.74) is 0. The van der Waals surface area contributed by atoms with Gasteiger partial charge in [-0.3, -0.25) is 4.79 Å². The number of alkyl halides is 1. The summed E-state index contributed by atoms with van der Waals surface area (Å²) in [5.74, 6) is 1.19. The van der Waals surface area contributed by atoms with Crippen LogP contribution in [0.1, 0.15) is 68.7 Å². The maximum absolute atomic E-state index is 8.78. The SMILES string of the molecule is CC(C)(C)[Si](OCCCCBr)(c1ccccc1)c1ccccc1.CC(C)(C)[Si](OCCCCOc1cccc(Br)c1)(c1ccccc1)c1ccccc1.O=CO[O-].Oc1cccc(Br)c1.[H-].[K+].[K+]. The number of halogens is 3. The molecule has 0 radical (unpaired) electrons. The van der Waals surface area contributed by atoms with Crippen LogP contribution in [0.2, 0.25) is 10.1 Å². The van der Waals surface area contributed by atoms with Crippen LogP contribution < -0.4 is 134 Å². The van der Waals surface area contributed by atoms with E-state index in [0.717, 1.165) is 58.9 Å². The van der Waals surface area contributed by atoms with E-state index in [1.807, 2.05) is 30.3 Å². The van der Waals surface area contributed by atoms with Crippen LogP contribution in [0.15, 0.2) is 179 Å². The monoisotopic (exact) mass is 1180 g/mol. The van der Waals surface area contributed by atoms with E-state index < -0.39 is 16.6 Å². The van der Waals surface area contributed by atoms with Gasteiger partial charge in [0.15, 0.2) is 0 Å². The average Bonchev–Trinajstić information content (AvgIpc) is 3.30. The Kier molecular flexibility index (Phi) is 33.4. The number of hydrogen-bond donors (Lipinski definition) is 1.